The molecule has 0 bridgehead atoms. The number of piperidine rings is 1. The molecular formula is C17H25N3O2. The van der Waals surface area contributed by atoms with Gasteiger partial charge in [0.05, 0.1) is 13.7 Å². The first kappa shape index (κ1) is 15.3. The van der Waals surface area contributed by atoms with Crippen LogP contribution < -0.4 is 15.4 Å². The molecule has 5 heteroatoms. The Labute approximate surface area is 132 Å². The number of likely N-dealkylation sites (tertiary alicyclic amines) is 1. The van der Waals surface area contributed by atoms with E-state index in [1.165, 1.54) is 6.42 Å². The Kier molecular flexibility index (Phi) is 4.95. The van der Waals surface area contributed by atoms with E-state index in [1.54, 1.807) is 7.11 Å². The Morgan fingerprint density at radius 2 is 2.27 bits per heavy atom. The Morgan fingerprint density at radius 3 is 3.14 bits per heavy atom. The molecule has 0 saturated carbocycles. The number of fused-ring (bicyclic) bond motifs is 1. The number of nitrogens with one attached hydrogen (secondary N) is 2. The highest BCUT2D eigenvalue weighted by molar-refractivity contribution is 5.78. The van der Waals surface area contributed by atoms with Gasteiger partial charge in [-0.1, -0.05) is 18.2 Å². The van der Waals surface area contributed by atoms with E-state index in [0.717, 1.165) is 43.3 Å². The van der Waals surface area contributed by atoms with Gasteiger partial charge < -0.3 is 15.4 Å². The molecule has 2 N–H and O–H groups in total. The van der Waals surface area contributed by atoms with Crippen molar-refractivity contribution < 1.29 is 9.53 Å². The Morgan fingerprint density at radius 1 is 1.41 bits per heavy atom. The highest BCUT2D eigenvalue weighted by Crippen LogP contribution is 2.24. The minimum Gasteiger partial charge on any atom is -0.496 e. The fraction of sp³-hybridized carbons (Fsp3) is 0.588. The van der Waals surface area contributed by atoms with Crippen molar-refractivity contribution in [2.75, 3.05) is 33.3 Å². The summed E-state index contributed by atoms with van der Waals surface area (Å²) in [5, 5.41) is 6.56. The summed E-state index contributed by atoms with van der Waals surface area (Å²) in [6.45, 7) is 4.20. The molecule has 0 aromatic heterocycles. The third-order valence-corrected chi connectivity index (χ3v) is 4.78. The molecule has 1 aromatic carbocycles. The molecule has 1 aromatic rings. The Bertz CT molecular complexity index is 520. The number of ether oxygens (including phenoxy) is 1. The van der Waals surface area contributed by atoms with Gasteiger partial charge in [-0.05, 0) is 31.4 Å². The molecule has 0 radical (unpaired) electrons. The van der Waals surface area contributed by atoms with Gasteiger partial charge in [0.15, 0.2) is 0 Å². The first-order chi connectivity index (χ1) is 10.8. The lowest BCUT2D eigenvalue weighted by Crippen LogP contribution is -2.47. The van der Waals surface area contributed by atoms with Gasteiger partial charge in [-0.3, -0.25) is 9.69 Å². The maximum Gasteiger partial charge on any atom is 0.234 e. The summed E-state index contributed by atoms with van der Waals surface area (Å²) in [7, 11) is 1.65. The highest BCUT2D eigenvalue weighted by Gasteiger charge is 2.32. The van der Waals surface area contributed by atoms with Crippen molar-refractivity contribution >= 4 is 5.91 Å². The number of hydrogen-bond acceptors (Lipinski definition) is 4. The summed E-state index contributed by atoms with van der Waals surface area (Å²) in [6, 6.07) is 8.47. The molecule has 3 rings (SSSR count). The molecule has 2 aliphatic rings. The van der Waals surface area contributed by atoms with E-state index in [9.17, 15) is 4.79 Å². The summed E-state index contributed by atoms with van der Waals surface area (Å²) >= 11 is 0. The van der Waals surface area contributed by atoms with Crippen LogP contribution in [0, 0.1) is 5.92 Å². The summed E-state index contributed by atoms with van der Waals surface area (Å²) in [5.41, 5.74) is 1.01. The molecule has 2 fully saturated rings. The van der Waals surface area contributed by atoms with Gasteiger partial charge in [-0.15, -0.1) is 0 Å². The Balaban J connectivity index is 1.46. The van der Waals surface area contributed by atoms with E-state index in [1.807, 2.05) is 24.3 Å². The van der Waals surface area contributed by atoms with Crippen molar-refractivity contribution in [3.63, 3.8) is 0 Å². The number of rotatable bonds is 5. The van der Waals surface area contributed by atoms with Crippen molar-refractivity contribution in [3.8, 4) is 5.75 Å². The van der Waals surface area contributed by atoms with E-state index in [-0.39, 0.29) is 5.91 Å². The third kappa shape index (κ3) is 3.59. The zero-order valence-electron chi connectivity index (χ0n) is 13.2. The van der Waals surface area contributed by atoms with Gasteiger partial charge in [0.2, 0.25) is 5.91 Å². The van der Waals surface area contributed by atoms with Crippen molar-refractivity contribution in [1.29, 1.82) is 0 Å². The second-order valence-corrected chi connectivity index (χ2v) is 6.22. The normalized spacial score (nSPS) is 24.8. The van der Waals surface area contributed by atoms with Crippen LogP contribution in [0.5, 0.6) is 5.75 Å². The smallest absolute Gasteiger partial charge is 0.234 e. The second kappa shape index (κ2) is 7.11. The monoisotopic (exact) mass is 303 g/mol. The predicted molar refractivity (Wildman–Crippen MR) is 85.8 cm³/mol. The Hall–Kier alpha value is -1.59. The molecule has 2 unspecified atom stereocenters. The molecule has 1 amide bonds. The van der Waals surface area contributed by atoms with E-state index >= 15 is 0 Å². The average Bonchev–Trinajstić information content (AvgIpc) is 3.01. The molecule has 22 heavy (non-hydrogen) atoms. The summed E-state index contributed by atoms with van der Waals surface area (Å²) in [5.74, 6) is 1.63. The van der Waals surface area contributed by atoms with Crippen LogP contribution in [0.1, 0.15) is 18.4 Å². The van der Waals surface area contributed by atoms with Crippen molar-refractivity contribution in [3.05, 3.63) is 29.8 Å². The number of para-hydroxylation sites is 1. The van der Waals surface area contributed by atoms with Crippen LogP contribution in [-0.4, -0.2) is 50.1 Å². The predicted octanol–water partition coefficient (Wildman–Crippen LogP) is 0.995. The average molecular weight is 303 g/mol. The second-order valence-electron chi connectivity index (χ2n) is 6.22. The fourth-order valence-electron chi connectivity index (χ4n) is 3.57. The molecule has 2 aliphatic heterocycles. The quantitative estimate of drug-likeness (QED) is 0.852. The van der Waals surface area contributed by atoms with E-state index in [4.69, 9.17) is 4.74 Å². The SMILES string of the molecule is COc1ccccc1CNC(=O)CN1CCC2NCCC2C1. The van der Waals surface area contributed by atoms with Gasteiger partial charge >= 0.3 is 0 Å². The zero-order chi connectivity index (χ0) is 15.4. The van der Waals surface area contributed by atoms with Crippen LogP contribution in [0.25, 0.3) is 0 Å². The third-order valence-electron chi connectivity index (χ3n) is 4.78. The van der Waals surface area contributed by atoms with E-state index in [0.29, 0.717) is 19.1 Å². The lowest BCUT2D eigenvalue weighted by molar-refractivity contribution is -0.122. The number of carbonyl (C=O) groups is 1. The van der Waals surface area contributed by atoms with Crippen LogP contribution >= 0.6 is 0 Å². The number of carbonyl (C=O) groups excluding carboxylic acids is 1. The number of methoxy groups -OCH3 is 1. The van der Waals surface area contributed by atoms with Crippen LogP contribution in [0.2, 0.25) is 0 Å². The van der Waals surface area contributed by atoms with Gasteiger partial charge in [0.25, 0.3) is 0 Å². The van der Waals surface area contributed by atoms with Crippen molar-refractivity contribution in [2.24, 2.45) is 5.92 Å². The van der Waals surface area contributed by atoms with Gasteiger partial charge in [0.1, 0.15) is 5.75 Å². The standard InChI is InChI=1S/C17H25N3O2/c1-22-16-5-3-2-4-13(16)10-19-17(21)12-20-9-7-15-14(11-20)6-8-18-15/h2-5,14-15,18H,6-12H2,1H3,(H,19,21). The largest absolute Gasteiger partial charge is 0.496 e. The fourth-order valence-corrected chi connectivity index (χ4v) is 3.57. The first-order valence-electron chi connectivity index (χ1n) is 8.10. The summed E-state index contributed by atoms with van der Waals surface area (Å²) < 4.78 is 5.31. The lowest BCUT2D eigenvalue weighted by Gasteiger charge is -2.34. The maximum atomic E-state index is 12.2. The van der Waals surface area contributed by atoms with Crippen LogP contribution in [-0.2, 0) is 11.3 Å². The van der Waals surface area contributed by atoms with Gasteiger partial charge in [-0.2, -0.15) is 0 Å². The van der Waals surface area contributed by atoms with Crippen LogP contribution in [0.3, 0.4) is 0 Å². The number of amides is 1. The zero-order valence-corrected chi connectivity index (χ0v) is 13.2. The summed E-state index contributed by atoms with van der Waals surface area (Å²) in [6.07, 6.45) is 2.40. The first-order valence-corrected chi connectivity index (χ1v) is 8.10. The molecule has 0 spiro atoms. The van der Waals surface area contributed by atoms with Crippen molar-refractivity contribution in [1.82, 2.24) is 15.5 Å². The van der Waals surface area contributed by atoms with E-state index < -0.39 is 0 Å². The minimum absolute atomic E-state index is 0.0929. The lowest BCUT2D eigenvalue weighted by atomic mass is 9.93. The maximum absolute atomic E-state index is 12.2. The molecular weight excluding hydrogens is 278 g/mol. The van der Waals surface area contributed by atoms with Gasteiger partial charge in [0, 0.05) is 31.2 Å². The minimum atomic E-state index is 0.0929. The van der Waals surface area contributed by atoms with Crippen LogP contribution in [0.4, 0.5) is 0 Å². The number of benzene rings is 1. The molecule has 2 heterocycles. The van der Waals surface area contributed by atoms with Crippen LogP contribution in [0.15, 0.2) is 24.3 Å². The highest BCUT2D eigenvalue weighted by atomic mass is 16.5. The topological polar surface area (TPSA) is 53.6 Å². The summed E-state index contributed by atoms with van der Waals surface area (Å²) in [4.78, 5) is 14.5. The number of nitrogens with zero attached hydrogens (tertiary/aromatic N) is 1. The van der Waals surface area contributed by atoms with Gasteiger partial charge in [-0.25, -0.2) is 0 Å². The van der Waals surface area contributed by atoms with E-state index in [2.05, 4.69) is 15.5 Å². The molecule has 120 valence electrons. The molecule has 5 nitrogen and oxygen atoms in total. The van der Waals surface area contributed by atoms with Crippen molar-refractivity contribution in [2.45, 2.75) is 25.4 Å². The molecule has 2 saturated heterocycles. The molecule has 2 atom stereocenters. The molecule has 0 aliphatic carbocycles. The number of hydrogen-bond donors (Lipinski definition) is 2.